The lowest BCUT2D eigenvalue weighted by atomic mass is 10.2. The van der Waals surface area contributed by atoms with E-state index >= 15 is 0 Å². The van der Waals surface area contributed by atoms with Gasteiger partial charge in [0.25, 0.3) is 6.34 Å². The Bertz CT molecular complexity index is 738. The van der Waals surface area contributed by atoms with E-state index in [1.165, 1.54) is 0 Å². The Labute approximate surface area is 297 Å². The van der Waals surface area contributed by atoms with Crippen LogP contribution in [0.3, 0.4) is 0 Å². The van der Waals surface area contributed by atoms with Crippen LogP contribution >= 0.6 is 35.9 Å². The van der Waals surface area contributed by atoms with Crippen LogP contribution in [0.5, 0.6) is 0 Å². The summed E-state index contributed by atoms with van der Waals surface area (Å²) in [5.74, 6) is 0. The highest BCUT2D eigenvalue weighted by atomic mass is 35.6. The standard InChI is InChI=1S/C16H40N2O2Si2.C6H15ClSi.C4H12N2O2.C3H3N2.2ClH/c1-15(2,3)21(7,8)19-11-13(17)14(18)12-20-22(9,10)16(4,5)6;1-6(2,3)8(4,5)7;5-3(1-7)4(6)2-8;1-2-5-3-4-1;;/h13-14H,11-12,17-18H2,1-10H3;1-5H3;3-4,7-8H,1-2,5-6H2;1-2H,(H,4,5);2*1H/q;;;+1;;/p+1/t13-,14-;;3-,4-;;;/m0.0.../s1. The molecule has 16 heteroatoms. The van der Waals surface area contributed by atoms with Crippen molar-refractivity contribution < 1.29 is 24.8 Å². The van der Waals surface area contributed by atoms with Gasteiger partial charge < -0.3 is 42.0 Å². The minimum Gasteiger partial charge on any atom is -0.415 e. The van der Waals surface area contributed by atoms with Gasteiger partial charge in [-0.15, -0.1) is 24.8 Å². The van der Waals surface area contributed by atoms with E-state index in [0.29, 0.717) is 18.3 Å². The molecule has 1 aliphatic rings. The average molecular weight is 761 g/mol. The number of quaternary nitrogens is 1. The Morgan fingerprint density at radius 1 is 0.756 bits per heavy atom. The first kappa shape index (κ1) is 54.8. The van der Waals surface area contributed by atoms with Gasteiger partial charge >= 0.3 is 0 Å². The minimum atomic E-state index is -1.77. The van der Waals surface area contributed by atoms with Crippen molar-refractivity contribution in [2.75, 3.05) is 26.4 Å². The Balaban J connectivity index is -0.000000189. The highest BCUT2D eigenvalue weighted by molar-refractivity contribution is 7.20. The highest BCUT2D eigenvalue weighted by Crippen LogP contribution is 2.39. The molecule has 45 heavy (non-hydrogen) atoms. The first-order valence-corrected chi connectivity index (χ1v) is 24.9. The monoisotopic (exact) mass is 758 g/mol. The summed E-state index contributed by atoms with van der Waals surface area (Å²) in [4.78, 5) is 3.54. The molecule has 1 aliphatic heterocycles. The van der Waals surface area contributed by atoms with Gasteiger partial charge in [0.1, 0.15) is 6.04 Å². The number of aliphatic imine (C=N–C) groups is 1. The summed E-state index contributed by atoms with van der Waals surface area (Å²) in [6.07, 6.45) is 5.83. The van der Waals surface area contributed by atoms with Gasteiger partial charge in [0.2, 0.25) is 6.20 Å². The first-order valence-electron chi connectivity index (χ1n) is 15.1. The van der Waals surface area contributed by atoms with Crippen molar-refractivity contribution in [2.24, 2.45) is 22.2 Å². The maximum atomic E-state index is 8.38. The molecule has 0 unspecified atom stereocenters. The quantitative estimate of drug-likeness (QED) is 0.0954. The molecule has 0 aromatic carbocycles. The second-order valence-corrected chi connectivity index (χ2v) is 32.6. The molecule has 0 bridgehead atoms. The van der Waals surface area contributed by atoms with Crippen molar-refractivity contribution in [3.05, 3.63) is 12.4 Å². The molecule has 4 atom stereocenters. The Kier molecular flexibility index (Phi) is 28.8. The van der Waals surface area contributed by atoms with Crippen LogP contribution in [-0.2, 0) is 8.85 Å². The molecule has 12 N–H and O–H groups in total. The number of rotatable bonds is 10. The molecule has 274 valence electrons. The second-order valence-electron chi connectivity index (χ2n) is 15.7. The number of hydrogen-bond acceptors (Lipinski definition) is 9. The van der Waals surface area contributed by atoms with Gasteiger partial charge in [-0.2, -0.15) is 16.4 Å². The molecule has 0 saturated carbocycles. The number of aliphatic hydroxyl groups excluding tert-OH is 2. The molecular formula is C29H73Cl3N6O4Si3+2. The molecular weight excluding hydrogens is 687 g/mol. The SMILES string of the molecule is CC(C)(C)[Si](C)(C)Cl.CC(C)(C)[Si](C)(C)OC[C@H](N)[C@@H](N)CO[Si](C)(C)C(C)(C)C.Cl.Cl.N[C@@H](CO)[C@@H]([NH3+])CO.[C+]1=NC=CN1. The fraction of sp³-hybridized carbons (Fsp3) is 0.897. The number of nitrogens with zero attached hydrogens (tertiary/aromatic N) is 1. The predicted molar refractivity (Wildman–Crippen MR) is 208 cm³/mol. The Morgan fingerprint density at radius 2 is 1.09 bits per heavy atom. The predicted octanol–water partition coefficient (Wildman–Crippen LogP) is 4.63. The molecule has 0 saturated heterocycles. The van der Waals surface area contributed by atoms with Gasteiger partial charge in [-0.3, -0.25) is 0 Å². The van der Waals surface area contributed by atoms with E-state index in [1.807, 2.05) is 0 Å². The number of aliphatic hydroxyl groups is 2. The van der Waals surface area contributed by atoms with Gasteiger partial charge in [-0.05, 0) is 46.3 Å². The molecule has 1 heterocycles. The van der Waals surface area contributed by atoms with Crippen LogP contribution in [0, 0.1) is 0 Å². The van der Waals surface area contributed by atoms with E-state index in [4.69, 9.17) is 47.3 Å². The van der Waals surface area contributed by atoms with Crippen LogP contribution in [-0.4, -0.2) is 91.2 Å². The lowest BCUT2D eigenvalue weighted by molar-refractivity contribution is -0.430. The minimum absolute atomic E-state index is 0. The Morgan fingerprint density at radius 3 is 1.22 bits per heavy atom. The molecule has 1 rings (SSSR count). The van der Waals surface area contributed by atoms with Crippen molar-refractivity contribution >= 4 is 66.3 Å². The lowest BCUT2D eigenvalue weighted by Gasteiger charge is -2.39. The van der Waals surface area contributed by atoms with Crippen molar-refractivity contribution in [2.45, 2.75) is 141 Å². The zero-order valence-electron chi connectivity index (χ0n) is 31.1. The summed E-state index contributed by atoms with van der Waals surface area (Å²) in [5.41, 5.74) is 21.2. The summed E-state index contributed by atoms with van der Waals surface area (Å²) in [5, 5.41) is 20.1. The third-order valence-corrected chi connectivity index (χ3v) is 22.9. The lowest BCUT2D eigenvalue weighted by Crippen LogP contribution is -2.71. The summed E-state index contributed by atoms with van der Waals surface area (Å²) in [6.45, 7) is 34.1. The molecule has 0 fully saturated rings. The number of nitrogens with one attached hydrogen (secondary N) is 1. The maximum absolute atomic E-state index is 8.38. The number of nitrogens with two attached hydrogens (primary N) is 3. The maximum Gasteiger partial charge on any atom is 0.252 e. The summed E-state index contributed by atoms with van der Waals surface area (Å²) < 4.78 is 12.3. The van der Waals surface area contributed by atoms with Gasteiger partial charge in [0.05, 0.1) is 32.5 Å². The van der Waals surface area contributed by atoms with E-state index in [-0.39, 0.29) is 72.3 Å². The van der Waals surface area contributed by atoms with Crippen molar-refractivity contribution in [3.8, 4) is 0 Å². The van der Waals surface area contributed by atoms with Crippen LogP contribution in [0.4, 0.5) is 0 Å². The Hall–Kier alpha value is 0.321. The van der Waals surface area contributed by atoms with Crippen molar-refractivity contribution in [1.82, 2.24) is 5.32 Å². The van der Waals surface area contributed by atoms with Gasteiger partial charge in [-0.25, -0.2) is 0 Å². The van der Waals surface area contributed by atoms with Crippen LogP contribution < -0.4 is 28.3 Å². The highest BCUT2D eigenvalue weighted by Gasteiger charge is 2.39. The largest absolute Gasteiger partial charge is 0.415 e. The first-order chi connectivity index (χ1) is 19.0. The van der Waals surface area contributed by atoms with Crippen molar-refractivity contribution in [3.63, 3.8) is 0 Å². The zero-order chi connectivity index (χ0) is 35.1. The average Bonchev–Trinajstić information content (AvgIpc) is 3.43. The molecule has 0 aromatic rings. The second kappa shape index (κ2) is 23.6. The van der Waals surface area contributed by atoms with Crippen LogP contribution in [0.2, 0.25) is 54.4 Å². The smallest absolute Gasteiger partial charge is 0.252 e. The molecule has 0 aliphatic carbocycles. The van der Waals surface area contributed by atoms with E-state index in [2.05, 4.69) is 124 Å². The summed E-state index contributed by atoms with van der Waals surface area (Å²) in [7, 11) is -4.93. The van der Waals surface area contributed by atoms with Crippen LogP contribution in [0.25, 0.3) is 0 Å². The number of hydrogen-bond donors (Lipinski definition) is 7. The number of halogens is 3. The fourth-order valence-electron chi connectivity index (χ4n) is 1.76. The molecule has 10 nitrogen and oxygen atoms in total. The van der Waals surface area contributed by atoms with E-state index in [9.17, 15) is 0 Å². The zero-order valence-corrected chi connectivity index (χ0v) is 36.5. The topological polar surface area (TPSA) is 189 Å². The third-order valence-electron chi connectivity index (χ3n) is 8.63. The normalized spacial score (nSPS) is 15.9. The van der Waals surface area contributed by atoms with Crippen LogP contribution in [0.15, 0.2) is 17.4 Å². The van der Waals surface area contributed by atoms with Gasteiger partial charge in [0.15, 0.2) is 30.2 Å². The van der Waals surface area contributed by atoms with Crippen molar-refractivity contribution in [1.29, 1.82) is 0 Å². The molecule has 0 radical (unpaired) electrons. The molecule has 0 spiro atoms. The molecule has 0 amide bonds. The fourth-order valence-corrected chi connectivity index (χ4v) is 3.84. The summed E-state index contributed by atoms with van der Waals surface area (Å²) >= 11 is 6.15. The van der Waals surface area contributed by atoms with Crippen LogP contribution in [0.1, 0.15) is 62.3 Å². The molecule has 0 aromatic heterocycles. The van der Waals surface area contributed by atoms with E-state index in [1.54, 1.807) is 12.4 Å². The van der Waals surface area contributed by atoms with E-state index in [0.717, 1.165) is 0 Å². The van der Waals surface area contributed by atoms with Gasteiger partial charge in [-0.1, -0.05) is 75.4 Å². The summed E-state index contributed by atoms with van der Waals surface area (Å²) in [6, 6.07) is -1.00. The third kappa shape index (κ3) is 25.0. The van der Waals surface area contributed by atoms with E-state index < -0.39 is 24.0 Å². The van der Waals surface area contributed by atoms with Gasteiger partial charge in [0, 0.05) is 12.1 Å².